The van der Waals surface area contributed by atoms with Gasteiger partial charge in [-0.15, -0.1) is 0 Å². The van der Waals surface area contributed by atoms with Gasteiger partial charge in [-0.1, -0.05) is 17.7 Å². The van der Waals surface area contributed by atoms with Gasteiger partial charge in [0.25, 0.3) is 0 Å². The molecule has 0 saturated heterocycles. The number of hydrogen-bond acceptors (Lipinski definition) is 4. The van der Waals surface area contributed by atoms with Crippen LogP contribution in [-0.4, -0.2) is 23.3 Å². The molecule has 1 aromatic heterocycles. The number of nitrogens with one attached hydrogen (secondary N) is 1. The molecule has 0 amide bonds. The van der Waals surface area contributed by atoms with E-state index in [0.717, 1.165) is 11.3 Å². The van der Waals surface area contributed by atoms with Crippen LogP contribution in [-0.2, 0) is 30.2 Å². The van der Waals surface area contributed by atoms with Crippen molar-refractivity contribution in [2.24, 2.45) is 7.05 Å². The van der Waals surface area contributed by atoms with Crippen LogP contribution in [0.1, 0.15) is 16.8 Å². The van der Waals surface area contributed by atoms with Crippen molar-refractivity contribution in [3.63, 3.8) is 0 Å². The van der Waals surface area contributed by atoms with E-state index in [-0.39, 0.29) is 23.1 Å². The molecule has 0 aliphatic rings. The van der Waals surface area contributed by atoms with Crippen molar-refractivity contribution < 1.29 is 13.5 Å². The average molecular weight is 330 g/mol. The summed E-state index contributed by atoms with van der Waals surface area (Å²) in [5.74, 6) is 0. The zero-order valence-corrected chi connectivity index (χ0v) is 13.2. The fourth-order valence-electron chi connectivity index (χ4n) is 1.82. The molecule has 0 bridgehead atoms. The molecule has 114 valence electrons. The zero-order chi connectivity index (χ0) is 15.6. The second-order valence-corrected chi connectivity index (χ2v) is 6.77. The van der Waals surface area contributed by atoms with Crippen molar-refractivity contribution in [1.29, 1.82) is 0 Å². The van der Waals surface area contributed by atoms with Gasteiger partial charge in [-0.05, 0) is 24.6 Å². The number of halogens is 1. The SMILES string of the molecule is Cc1c(CNS(=O)(=O)c2cc(CO)ccc2Cl)cnn1C. The van der Waals surface area contributed by atoms with Crippen molar-refractivity contribution in [3.05, 3.63) is 46.2 Å². The third-order valence-corrected chi connectivity index (χ3v) is 5.14. The fourth-order valence-corrected chi connectivity index (χ4v) is 3.37. The predicted octanol–water partition coefficient (Wildman–Crippen LogP) is 1.35. The first kappa shape index (κ1) is 16.0. The van der Waals surface area contributed by atoms with Gasteiger partial charge in [0.15, 0.2) is 0 Å². The van der Waals surface area contributed by atoms with Gasteiger partial charge >= 0.3 is 0 Å². The van der Waals surface area contributed by atoms with Crippen LogP contribution in [0.3, 0.4) is 0 Å². The summed E-state index contributed by atoms with van der Waals surface area (Å²) in [6.45, 7) is 1.74. The van der Waals surface area contributed by atoms with Crippen LogP contribution in [0, 0.1) is 6.92 Å². The standard InChI is InChI=1S/C13H16ClN3O3S/c1-9-11(6-15-17(9)2)7-16-21(19,20)13-5-10(8-18)3-4-12(13)14/h3-6,16,18H,7-8H2,1-2H3. The lowest BCUT2D eigenvalue weighted by Crippen LogP contribution is -2.24. The van der Waals surface area contributed by atoms with E-state index in [0.29, 0.717) is 5.56 Å². The molecule has 6 nitrogen and oxygen atoms in total. The molecule has 0 atom stereocenters. The van der Waals surface area contributed by atoms with E-state index >= 15 is 0 Å². The van der Waals surface area contributed by atoms with Gasteiger partial charge in [-0.25, -0.2) is 13.1 Å². The molecule has 0 aliphatic heterocycles. The molecule has 0 unspecified atom stereocenters. The Labute approximate surface area is 128 Å². The van der Waals surface area contributed by atoms with Gasteiger partial charge in [0.05, 0.1) is 17.8 Å². The molecule has 2 rings (SSSR count). The molecule has 8 heteroatoms. The van der Waals surface area contributed by atoms with Gasteiger partial charge in [-0.3, -0.25) is 4.68 Å². The number of aryl methyl sites for hydroxylation is 1. The number of aromatic nitrogens is 2. The normalized spacial score (nSPS) is 11.8. The second kappa shape index (κ2) is 6.15. The second-order valence-electron chi connectivity index (χ2n) is 4.63. The predicted molar refractivity (Wildman–Crippen MR) is 79.3 cm³/mol. The lowest BCUT2D eigenvalue weighted by Gasteiger charge is -2.09. The van der Waals surface area contributed by atoms with Crippen LogP contribution >= 0.6 is 11.6 Å². The maximum Gasteiger partial charge on any atom is 0.242 e. The Morgan fingerprint density at radius 3 is 2.71 bits per heavy atom. The molecule has 1 aromatic carbocycles. The van der Waals surface area contributed by atoms with Crippen molar-refractivity contribution >= 4 is 21.6 Å². The maximum atomic E-state index is 12.3. The molecule has 0 aliphatic carbocycles. The number of rotatable bonds is 5. The minimum absolute atomic E-state index is 0.0442. The molecule has 21 heavy (non-hydrogen) atoms. The summed E-state index contributed by atoms with van der Waals surface area (Å²) >= 11 is 5.94. The Morgan fingerprint density at radius 2 is 2.14 bits per heavy atom. The highest BCUT2D eigenvalue weighted by atomic mass is 35.5. The lowest BCUT2D eigenvalue weighted by atomic mass is 10.2. The van der Waals surface area contributed by atoms with E-state index in [9.17, 15) is 8.42 Å². The van der Waals surface area contributed by atoms with Gasteiger partial charge in [0.1, 0.15) is 4.90 Å². The topological polar surface area (TPSA) is 84.2 Å². The number of aliphatic hydroxyl groups is 1. The lowest BCUT2D eigenvalue weighted by molar-refractivity contribution is 0.281. The van der Waals surface area contributed by atoms with Gasteiger partial charge in [-0.2, -0.15) is 5.10 Å². The van der Waals surface area contributed by atoms with Crippen LogP contribution < -0.4 is 4.72 Å². The zero-order valence-electron chi connectivity index (χ0n) is 11.7. The molecule has 2 N–H and O–H groups in total. The van der Waals surface area contributed by atoms with Gasteiger partial charge in [0.2, 0.25) is 10.0 Å². The molecule has 0 radical (unpaired) electrons. The van der Waals surface area contributed by atoms with Crippen LogP contribution in [0.4, 0.5) is 0 Å². The fraction of sp³-hybridized carbons (Fsp3) is 0.308. The van der Waals surface area contributed by atoms with Gasteiger partial charge < -0.3 is 5.11 Å². The summed E-state index contributed by atoms with van der Waals surface area (Å²) in [7, 11) is -1.97. The Kier molecular flexibility index (Phi) is 4.67. The van der Waals surface area contributed by atoms with E-state index in [4.69, 9.17) is 16.7 Å². The summed E-state index contributed by atoms with van der Waals surface area (Å²) in [5, 5.41) is 13.3. The third kappa shape index (κ3) is 3.44. The minimum Gasteiger partial charge on any atom is -0.392 e. The highest BCUT2D eigenvalue weighted by molar-refractivity contribution is 7.89. The largest absolute Gasteiger partial charge is 0.392 e. The van der Waals surface area contributed by atoms with Crippen LogP contribution in [0.5, 0.6) is 0 Å². The summed E-state index contributed by atoms with van der Waals surface area (Å²) in [5.41, 5.74) is 2.15. The Morgan fingerprint density at radius 1 is 1.43 bits per heavy atom. The molecule has 2 aromatic rings. The molecule has 0 fully saturated rings. The number of nitrogens with zero attached hydrogens (tertiary/aromatic N) is 2. The van der Waals surface area contributed by atoms with Crippen molar-refractivity contribution in [1.82, 2.24) is 14.5 Å². The van der Waals surface area contributed by atoms with Gasteiger partial charge in [0, 0.05) is 24.8 Å². The van der Waals surface area contributed by atoms with Crippen LogP contribution in [0.2, 0.25) is 5.02 Å². The highest BCUT2D eigenvalue weighted by Gasteiger charge is 2.19. The van der Waals surface area contributed by atoms with E-state index in [1.807, 2.05) is 6.92 Å². The maximum absolute atomic E-state index is 12.3. The number of aliphatic hydroxyl groups excluding tert-OH is 1. The molecule has 0 spiro atoms. The Balaban J connectivity index is 2.24. The Bertz CT molecular complexity index is 756. The number of hydrogen-bond donors (Lipinski definition) is 2. The van der Waals surface area contributed by atoms with Crippen LogP contribution in [0.15, 0.2) is 29.3 Å². The first-order valence-electron chi connectivity index (χ1n) is 6.21. The van der Waals surface area contributed by atoms with E-state index in [2.05, 4.69) is 9.82 Å². The van der Waals surface area contributed by atoms with E-state index in [1.54, 1.807) is 24.0 Å². The summed E-state index contributed by atoms with van der Waals surface area (Å²) < 4.78 is 28.8. The van der Waals surface area contributed by atoms with Crippen molar-refractivity contribution in [2.75, 3.05) is 0 Å². The number of benzene rings is 1. The first-order chi connectivity index (χ1) is 9.85. The Hall–Kier alpha value is -1.41. The quantitative estimate of drug-likeness (QED) is 0.867. The summed E-state index contributed by atoms with van der Waals surface area (Å²) in [4.78, 5) is -0.0442. The first-order valence-corrected chi connectivity index (χ1v) is 8.07. The monoisotopic (exact) mass is 329 g/mol. The highest BCUT2D eigenvalue weighted by Crippen LogP contribution is 2.23. The van der Waals surface area contributed by atoms with E-state index in [1.165, 1.54) is 12.1 Å². The summed E-state index contributed by atoms with van der Waals surface area (Å²) in [6.07, 6.45) is 1.61. The molecular weight excluding hydrogens is 314 g/mol. The minimum atomic E-state index is -3.76. The molecule has 0 saturated carbocycles. The molecule has 1 heterocycles. The smallest absolute Gasteiger partial charge is 0.242 e. The number of sulfonamides is 1. The van der Waals surface area contributed by atoms with Crippen LogP contribution in [0.25, 0.3) is 0 Å². The van der Waals surface area contributed by atoms with Crippen molar-refractivity contribution in [2.45, 2.75) is 25.0 Å². The molecular formula is C13H16ClN3O3S. The van der Waals surface area contributed by atoms with Crippen molar-refractivity contribution in [3.8, 4) is 0 Å². The average Bonchev–Trinajstić information content (AvgIpc) is 2.77. The van der Waals surface area contributed by atoms with E-state index < -0.39 is 10.0 Å². The third-order valence-electron chi connectivity index (χ3n) is 3.26. The summed E-state index contributed by atoms with van der Waals surface area (Å²) in [6, 6.07) is 4.39.